The van der Waals surface area contributed by atoms with Gasteiger partial charge in [-0.2, -0.15) is 0 Å². The molecular formula is C53H97NO18. The van der Waals surface area contributed by atoms with Crippen molar-refractivity contribution in [1.29, 1.82) is 0 Å². The minimum absolute atomic E-state index is 0.254. The first-order chi connectivity index (χ1) is 34.8. The Balaban J connectivity index is 1.44. The molecule has 72 heavy (non-hydrogen) atoms. The summed E-state index contributed by atoms with van der Waals surface area (Å²) in [5.74, 6) is -0.254. The van der Waals surface area contributed by atoms with Crippen LogP contribution in [-0.4, -0.2) is 193 Å². The van der Waals surface area contributed by atoms with Gasteiger partial charge in [-0.3, -0.25) is 4.79 Å². The maximum Gasteiger partial charge on any atom is 0.220 e. The van der Waals surface area contributed by atoms with Gasteiger partial charge in [0.05, 0.1) is 38.6 Å². The zero-order valence-corrected chi connectivity index (χ0v) is 43.4. The largest absolute Gasteiger partial charge is 0.394 e. The van der Waals surface area contributed by atoms with Crippen molar-refractivity contribution in [1.82, 2.24) is 5.32 Å². The van der Waals surface area contributed by atoms with Crippen LogP contribution in [0.1, 0.15) is 174 Å². The van der Waals surface area contributed by atoms with Gasteiger partial charge in [-0.1, -0.05) is 147 Å². The molecule has 17 unspecified atom stereocenters. The lowest BCUT2D eigenvalue weighted by Gasteiger charge is -2.48. The number of aliphatic hydroxyl groups is 11. The smallest absolute Gasteiger partial charge is 0.220 e. The minimum Gasteiger partial charge on any atom is -0.394 e. The van der Waals surface area contributed by atoms with Crippen LogP contribution in [0, 0.1) is 0 Å². The van der Waals surface area contributed by atoms with Crippen LogP contribution in [0.3, 0.4) is 0 Å². The summed E-state index contributed by atoms with van der Waals surface area (Å²) in [6.07, 6.45) is 8.99. The van der Waals surface area contributed by atoms with Crippen molar-refractivity contribution in [2.24, 2.45) is 0 Å². The number of rotatable bonds is 39. The number of carbonyl (C=O) groups is 1. The molecular weight excluding hydrogens is 939 g/mol. The zero-order chi connectivity index (χ0) is 52.7. The normalized spacial score (nSPS) is 32.2. The lowest BCUT2D eigenvalue weighted by Crippen LogP contribution is -2.66. The van der Waals surface area contributed by atoms with Gasteiger partial charge in [0.15, 0.2) is 18.9 Å². The number of allylic oxidation sites excluding steroid dienone is 4. The summed E-state index contributed by atoms with van der Waals surface area (Å²) in [6.45, 7) is 1.67. The van der Waals surface area contributed by atoms with Gasteiger partial charge in [-0.15, -0.1) is 0 Å². The SMILES string of the molecule is CCCCCCC/C=C\C/C=C\CCCCCCCCCCCC(=O)NC(COC1OC(CO)C(OC2OC(CO)C(OC3OC(CO)C(O)C(O)C3O)C(O)C2O)C(O)C1O)C(O)CCCCCCCC. The Labute approximate surface area is 428 Å². The van der Waals surface area contributed by atoms with Crippen molar-refractivity contribution in [3.8, 4) is 0 Å². The number of ether oxygens (including phenoxy) is 6. The molecule has 12 N–H and O–H groups in total. The number of aliphatic hydroxyl groups excluding tert-OH is 11. The van der Waals surface area contributed by atoms with Crippen LogP contribution in [0.2, 0.25) is 0 Å². The maximum absolute atomic E-state index is 13.2. The quantitative estimate of drug-likeness (QED) is 0.0311. The molecule has 0 aromatic heterocycles. The van der Waals surface area contributed by atoms with Crippen LogP contribution >= 0.6 is 0 Å². The molecule has 3 fully saturated rings. The number of hydrogen-bond donors (Lipinski definition) is 12. The third kappa shape index (κ3) is 22.9. The lowest BCUT2D eigenvalue weighted by molar-refractivity contribution is -0.379. The van der Waals surface area contributed by atoms with E-state index in [-0.39, 0.29) is 18.9 Å². The monoisotopic (exact) mass is 1040 g/mol. The number of carbonyl (C=O) groups excluding carboxylic acids is 1. The third-order valence-corrected chi connectivity index (χ3v) is 14.0. The molecule has 0 aliphatic carbocycles. The number of unbranched alkanes of at least 4 members (excludes halogenated alkanes) is 19. The van der Waals surface area contributed by atoms with Gasteiger partial charge in [0.1, 0.15) is 73.2 Å². The second-order valence-corrected chi connectivity index (χ2v) is 20.0. The van der Waals surface area contributed by atoms with Crippen LogP contribution in [0.25, 0.3) is 0 Å². The van der Waals surface area contributed by atoms with Crippen molar-refractivity contribution in [3.63, 3.8) is 0 Å². The molecule has 0 bridgehead atoms. The maximum atomic E-state index is 13.2. The zero-order valence-electron chi connectivity index (χ0n) is 43.4. The molecule has 3 aliphatic rings. The summed E-state index contributed by atoms with van der Waals surface area (Å²) in [5.41, 5.74) is 0. The van der Waals surface area contributed by atoms with Crippen LogP contribution in [0.4, 0.5) is 0 Å². The van der Waals surface area contributed by atoms with Crippen molar-refractivity contribution >= 4 is 5.91 Å². The van der Waals surface area contributed by atoms with E-state index in [1.54, 1.807) is 0 Å². The van der Waals surface area contributed by atoms with E-state index in [1.165, 1.54) is 70.6 Å². The first kappa shape index (κ1) is 64.6. The van der Waals surface area contributed by atoms with Crippen molar-refractivity contribution in [2.45, 2.75) is 279 Å². The van der Waals surface area contributed by atoms with E-state index in [0.29, 0.717) is 12.8 Å². The first-order valence-electron chi connectivity index (χ1n) is 27.6. The Morgan fingerprint density at radius 3 is 1.42 bits per heavy atom. The lowest BCUT2D eigenvalue weighted by atomic mass is 9.96. The van der Waals surface area contributed by atoms with Gasteiger partial charge >= 0.3 is 0 Å². The Kier molecular flexibility index (Phi) is 34.0. The number of nitrogens with one attached hydrogen (secondary N) is 1. The highest BCUT2D eigenvalue weighted by Crippen LogP contribution is 2.33. The Morgan fingerprint density at radius 1 is 0.500 bits per heavy atom. The molecule has 3 rings (SSSR count). The highest BCUT2D eigenvalue weighted by Gasteiger charge is 2.53. The fraction of sp³-hybridized carbons (Fsp3) is 0.906. The molecule has 3 heterocycles. The van der Waals surface area contributed by atoms with E-state index in [1.807, 2.05) is 0 Å². The molecule has 19 heteroatoms. The molecule has 3 saturated heterocycles. The van der Waals surface area contributed by atoms with E-state index in [0.717, 1.165) is 70.6 Å². The summed E-state index contributed by atoms with van der Waals surface area (Å²) in [7, 11) is 0. The predicted octanol–water partition coefficient (Wildman–Crippen LogP) is 3.20. The summed E-state index contributed by atoms with van der Waals surface area (Å²) < 4.78 is 34.1. The van der Waals surface area contributed by atoms with Crippen molar-refractivity contribution in [2.75, 3.05) is 26.4 Å². The average molecular weight is 1040 g/mol. The predicted molar refractivity (Wildman–Crippen MR) is 268 cm³/mol. The fourth-order valence-electron chi connectivity index (χ4n) is 9.40. The van der Waals surface area contributed by atoms with Crippen molar-refractivity contribution in [3.05, 3.63) is 24.3 Å². The molecule has 19 nitrogen and oxygen atoms in total. The molecule has 422 valence electrons. The molecule has 3 aliphatic heterocycles. The Bertz CT molecular complexity index is 1430. The van der Waals surface area contributed by atoms with E-state index in [9.17, 15) is 61.0 Å². The summed E-state index contributed by atoms with van der Waals surface area (Å²) in [6, 6.07) is -0.884. The van der Waals surface area contributed by atoms with Gasteiger partial charge in [0.25, 0.3) is 0 Å². The van der Waals surface area contributed by atoms with E-state index in [2.05, 4.69) is 43.5 Å². The summed E-state index contributed by atoms with van der Waals surface area (Å²) in [4.78, 5) is 13.2. The second kappa shape index (κ2) is 37.9. The van der Waals surface area contributed by atoms with Gasteiger partial charge in [0.2, 0.25) is 5.91 Å². The van der Waals surface area contributed by atoms with Gasteiger partial charge in [-0.25, -0.2) is 0 Å². The van der Waals surface area contributed by atoms with Crippen LogP contribution in [0.5, 0.6) is 0 Å². The third-order valence-electron chi connectivity index (χ3n) is 14.0. The molecule has 0 aromatic rings. The Morgan fingerprint density at radius 2 is 0.917 bits per heavy atom. The molecule has 0 spiro atoms. The molecule has 0 aromatic carbocycles. The molecule has 0 radical (unpaired) electrons. The highest BCUT2D eigenvalue weighted by molar-refractivity contribution is 5.76. The fourth-order valence-corrected chi connectivity index (χ4v) is 9.40. The average Bonchev–Trinajstić information content (AvgIpc) is 3.38. The van der Waals surface area contributed by atoms with E-state index in [4.69, 9.17) is 28.4 Å². The Hall–Kier alpha value is -1.73. The van der Waals surface area contributed by atoms with E-state index >= 15 is 0 Å². The standard InChI is InChI=1S/C53H97NO18/c1-3-5-7-9-11-12-13-14-15-16-17-18-19-20-21-22-23-24-25-27-29-31-41(59)54-36(37(58)30-28-26-10-8-6-4-2)35-67-51-47(65)44(62)49(39(33-56)69-51)72-53-48(66)45(63)50(40(34-57)70-53)71-52-46(64)43(61)42(60)38(32-55)68-52/h13-14,16-17,36-40,42-53,55-58,60-66H,3-12,15,18-35H2,1-2H3,(H,54,59)/b14-13-,17-16-. The van der Waals surface area contributed by atoms with Crippen molar-refractivity contribution < 1.29 is 89.4 Å². The van der Waals surface area contributed by atoms with Gasteiger partial charge in [0, 0.05) is 6.42 Å². The van der Waals surface area contributed by atoms with Gasteiger partial charge < -0.3 is 89.9 Å². The molecule has 1 amide bonds. The van der Waals surface area contributed by atoms with Crippen LogP contribution in [0.15, 0.2) is 24.3 Å². The number of amides is 1. The van der Waals surface area contributed by atoms with Crippen LogP contribution in [-0.2, 0) is 33.2 Å². The topological polar surface area (TPSA) is 307 Å². The van der Waals surface area contributed by atoms with Gasteiger partial charge in [-0.05, 0) is 44.9 Å². The number of hydrogen-bond acceptors (Lipinski definition) is 18. The molecule has 17 atom stereocenters. The first-order valence-corrected chi connectivity index (χ1v) is 27.6. The summed E-state index contributed by atoms with van der Waals surface area (Å²) in [5, 5.41) is 120. The van der Waals surface area contributed by atoms with Crippen LogP contribution < -0.4 is 5.32 Å². The molecule has 0 saturated carbocycles. The second-order valence-electron chi connectivity index (χ2n) is 20.0. The van der Waals surface area contributed by atoms with E-state index < -0.39 is 124 Å². The minimum atomic E-state index is -1.97. The highest BCUT2D eigenvalue weighted by atomic mass is 16.8. The summed E-state index contributed by atoms with van der Waals surface area (Å²) >= 11 is 0.